The molecule has 0 atom stereocenters. The summed E-state index contributed by atoms with van der Waals surface area (Å²) in [4.78, 5) is 0. The summed E-state index contributed by atoms with van der Waals surface area (Å²) >= 11 is 0. The van der Waals surface area contributed by atoms with Gasteiger partial charge in [0.15, 0.2) is 0 Å². The van der Waals surface area contributed by atoms with Gasteiger partial charge in [-0.3, -0.25) is 0 Å². The van der Waals surface area contributed by atoms with Crippen LogP contribution in [0.4, 0.5) is 0 Å². The van der Waals surface area contributed by atoms with Gasteiger partial charge in [-0.05, 0) is 61.5 Å². The number of phenols is 1. The first-order valence-electron chi connectivity index (χ1n) is 14.3. The van der Waals surface area contributed by atoms with Crippen molar-refractivity contribution in [3.05, 3.63) is 115 Å². The summed E-state index contributed by atoms with van der Waals surface area (Å²) in [7, 11) is 25.5. The van der Waals surface area contributed by atoms with Crippen molar-refractivity contribution in [2.45, 2.75) is 0 Å². The third kappa shape index (κ3) is 3.80. The Bertz CT molecular complexity index is 2360. The molecule has 1 heterocycles. The predicted octanol–water partition coefficient (Wildman–Crippen LogP) is 5.77. The number of aromatic hydroxyl groups is 1. The van der Waals surface area contributed by atoms with Crippen molar-refractivity contribution in [1.82, 2.24) is 0 Å². The fourth-order valence-corrected chi connectivity index (χ4v) is 6.59. The largest absolute Gasteiger partial charge is 0.509 e. The smallest absolute Gasteiger partial charge is 0.143 e. The molecule has 44 heavy (non-hydrogen) atoms. The molecule has 1 N–H and O–H groups in total. The van der Waals surface area contributed by atoms with Crippen molar-refractivity contribution in [2.75, 3.05) is 0 Å². The normalized spacial score (nSPS) is 11.6. The molecule has 8 aromatic rings. The van der Waals surface area contributed by atoms with Crippen LogP contribution in [0.5, 0.6) is 5.75 Å². The van der Waals surface area contributed by atoms with E-state index < -0.39 is 0 Å². The van der Waals surface area contributed by atoms with E-state index in [2.05, 4.69) is 66.7 Å². The van der Waals surface area contributed by atoms with Gasteiger partial charge in [-0.1, -0.05) is 125 Å². The molecule has 0 aliphatic carbocycles. The van der Waals surface area contributed by atoms with Crippen molar-refractivity contribution < 1.29 is 9.52 Å². The predicted molar refractivity (Wildman–Crippen MR) is 188 cm³/mol. The van der Waals surface area contributed by atoms with E-state index in [-0.39, 0.29) is 27.6 Å². The van der Waals surface area contributed by atoms with Gasteiger partial charge in [0.1, 0.15) is 42.6 Å². The molecule has 8 rings (SSSR count). The average molecular weight is 552 g/mol. The first kappa shape index (κ1) is 26.5. The fourth-order valence-electron chi connectivity index (χ4n) is 6.59. The van der Waals surface area contributed by atoms with Crippen LogP contribution < -0.4 is 21.9 Å². The van der Waals surface area contributed by atoms with Gasteiger partial charge in [0.2, 0.25) is 0 Å². The lowest BCUT2D eigenvalue weighted by molar-refractivity contribution is 0.484. The molecule has 0 saturated heterocycles. The monoisotopic (exact) mass is 552 g/mol. The Labute approximate surface area is 260 Å². The van der Waals surface area contributed by atoms with Gasteiger partial charge in [0, 0.05) is 16.3 Å². The van der Waals surface area contributed by atoms with E-state index >= 15 is 0 Å². The number of benzene rings is 7. The van der Waals surface area contributed by atoms with E-state index in [1.807, 2.05) is 48.5 Å². The zero-order valence-electron chi connectivity index (χ0n) is 23.6. The molecule has 0 fully saturated rings. The first-order valence-corrected chi connectivity index (χ1v) is 14.3. The van der Waals surface area contributed by atoms with Gasteiger partial charge in [0.05, 0.1) is 5.75 Å². The summed E-state index contributed by atoms with van der Waals surface area (Å²) < 4.78 is 6.47. The number of hydrogen-bond acceptors (Lipinski definition) is 2. The Balaban J connectivity index is 1.45. The van der Waals surface area contributed by atoms with E-state index in [1.54, 1.807) is 0 Å². The Hall–Kier alpha value is -5.08. The van der Waals surface area contributed by atoms with Crippen LogP contribution in [0.2, 0.25) is 0 Å². The highest BCUT2D eigenvalue weighted by molar-refractivity contribution is 6.61. The molecule has 0 saturated carbocycles. The second kappa shape index (κ2) is 9.99. The molecule has 1 aromatic heterocycles. The lowest BCUT2D eigenvalue weighted by Crippen LogP contribution is -2.42. The molecule has 0 bridgehead atoms. The van der Waals surface area contributed by atoms with Gasteiger partial charge < -0.3 is 9.52 Å². The lowest BCUT2D eigenvalue weighted by Gasteiger charge is -2.24. The number of phenolic OH excluding ortho intramolecular Hbond substituents is 1. The summed E-state index contributed by atoms with van der Waals surface area (Å²) in [6.45, 7) is 0. The topological polar surface area (TPSA) is 33.4 Å². The summed E-state index contributed by atoms with van der Waals surface area (Å²) in [5.74, 6) is -0.301. The molecule has 6 heteroatoms. The maximum Gasteiger partial charge on any atom is 0.143 e. The van der Waals surface area contributed by atoms with E-state index in [0.717, 1.165) is 71.3 Å². The Morgan fingerprint density at radius 2 is 0.977 bits per heavy atom. The van der Waals surface area contributed by atoms with Crippen LogP contribution in [-0.4, -0.2) is 36.5 Å². The van der Waals surface area contributed by atoms with Crippen molar-refractivity contribution in [3.63, 3.8) is 0 Å². The number of fused-ring (bicyclic) bond motifs is 5. The highest BCUT2D eigenvalue weighted by atomic mass is 16.3. The highest BCUT2D eigenvalue weighted by Gasteiger charge is 2.22. The SMILES string of the molecule is [B]c1c([B])c(-c2c3ccccc3c(-c3ccc4oc5c(-c6ccccc6)cccc5c4c3)c3ccccc23)c([B])c([B])c1O. The minimum absolute atomic E-state index is 0.0103. The second-order valence-corrected chi connectivity index (χ2v) is 11.1. The van der Waals surface area contributed by atoms with Crippen molar-refractivity contribution in [3.8, 4) is 39.1 Å². The van der Waals surface area contributed by atoms with E-state index in [9.17, 15) is 5.11 Å². The quantitative estimate of drug-likeness (QED) is 0.223. The van der Waals surface area contributed by atoms with Crippen molar-refractivity contribution >= 4 is 96.7 Å². The minimum Gasteiger partial charge on any atom is -0.509 e. The molecule has 0 aliphatic rings. The van der Waals surface area contributed by atoms with Gasteiger partial charge in [-0.15, -0.1) is 0 Å². The Kier molecular flexibility index (Phi) is 6.03. The van der Waals surface area contributed by atoms with E-state index in [1.165, 1.54) is 0 Å². The van der Waals surface area contributed by atoms with E-state index in [4.69, 9.17) is 35.8 Å². The molecule has 8 radical (unpaired) electrons. The molecular weight excluding hydrogens is 532 g/mol. The van der Waals surface area contributed by atoms with Gasteiger partial charge >= 0.3 is 0 Å². The lowest BCUT2D eigenvalue weighted by atomic mass is 9.64. The number of rotatable bonds is 3. The zero-order valence-corrected chi connectivity index (χ0v) is 23.6. The standard InChI is InChI=1S/C38H20B4O2/c39-33-32(34(40)36(42)37(43)35(33)41)31-25-13-6-4-11-23(25)30(24-12-5-7-14-26(24)31)21-17-18-29-28(19-21)27-16-8-15-22(38(27)44-29)20-9-2-1-3-10-20/h1-19,43H. The third-order valence-corrected chi connectivity index (χ3v) is 8.68. The number of hydrogen-bond donors (Lipinski definition) is 1. The van der Waals surface area contributed by atoms with Crippen LogP contribution in [0.25, 0.3) is 76.9 Å². The van der Waals surface area contributed by atoms with Crippen molar-refractivity contribution in [2.24, 2.45) is 0 Å². The zero-order chi connectivity index (χ0) is 30.1. The number of furan rings is 1. The van der Waals surface area contributed by atoms with Crippen LogP contribution in [-0.2, 0) is 0 Å². The Morgan fingerprint density at radius 1 is 0.432 bits per heavy atom. The molecular formula is C38H20B4O2. The number of para-hydroxylation sites is 1. The third-order valence-electron chi connectivity index (χ3n) is 8.68. The molecule has 7 aromatic carbocycles. The Morgan fingerprint density at radius 3 is 1.59 bits per heavy atom. The molecule has 2 nitrogen and oxygen atoms in total. The fraction of sp³-hybridized carbons (Fsp3) is 0. The summed E-state index contributed by atoms with van der Waals surface area (Å²) in [5, 5.41) is 16.5. The molecule has 0 unspecified atom stereocenters. The molecule has 0 aliphatic heterocycles. The molecule has 0 spiro atoms. The van der Waals surface area contributed by atoms with Crippen LogP contribution in [0.3, 0.4) is 0 Å². The van der Waals surface area contributed by atoms with Gasteiger partial charge in [-0.25, -0.2) is 0 Å². The van der Waals surface area contributed by atoms with Crippen molar-refractivity contribution in [1.29, 1.82) is 0 Å². The molecule has 196 valence electrons. The molecule has 0 amide bonds. The van der Waals surface area contributed by atoms with Crippen LogP contribution >= 0.6 is 0 Å². The summed E-state index contributed by atoms with van der Waals surface area (Å²) in [6, 6.07) is 39.3. The first-order chi connectivity index (χ1) is 21.4. The van der Waals surface area contributed by atoms with E-state index in [0.29, 0.717) is 5.56 Å². The highest BCUT2D eigenvalue weighted by Crippen LogP contribution is 2.44. The maximum absolute atomic E-state index is 10.5. The second-order valence-electron chi connectivity index (χ2n) is 11.1. The van der Waals surface area contributed by atoms with Gasteiger partial charge in [-0.2, -0.15) is 0 Å². The summed E-state index contributed by atoms with van der Waals surface area (Å²) in [5.41, 5.74) is 7.72. The van der Waals surface area contributed by atoms with Crippen LogP contribution in [0, 0.1) is 0 Å². The summed E-state index contributed by atoms with van der Waals surface area (Å²) in [6.07, 6.45) is 0. The van der Waals surface area contributed by atoms with Crippen LogP contribution in [0.15, 0.2) is 120 Å². The van der Waals surface area contributed by atoms with Crippen LogP contribution in [0.1, 0.15) is 0 Å². The average Bonchev–Trinajstić information content (AvgIpc) is 3.45. The minimum atomic E-state index is -0.301. The maximum atomic E-state index is 10.5. The van der Waals surface area contributed by atoms with Gasteiger partial charge in [0.25, 0.3) is 0 Å².